The summed E-state index contributed by atoms with van der Waals surface area (Å²) in [5, 5.41) is 6.90. The Labute approximate surface area is 185 Å². The predicted molar refractivity (Wildman–Crippen MR) is 120 cm³/mol. The topological polar surface area (TPSA) is 95.2 Å². The largest absolute Gasteiger partial charge is 0.376 e. The summed E-state index contributed by atoms with van der Waals surface area (Å²) in [6.45, 7) is 4.84. The molecule has 1 aliphatic rings. The second-order valence-corrected chi connectivity index (χ2v) is 8.11. The van der Waals surface area contributed by atoms with Gasteiger partial charge in [-0.15, -0.1) is 0 Å². The van der Waals surface area contributed by atoms with Gasteiger partial charge >= 0.3 is 5.69 Å². The van der Waals surface area contributed by atoms with Crippen molar-refractivity contribution in [1.82, 2.24) is 19.7 Å². The molecule has 2 aromatic carbocycles. The van der Waals surface area contributed by atoms with Crippen LogP contribution in [0.3, 0.4) is 0 Å². The molecule has 0 radical (unpaired) electrons. The summed E-state index contributed by atoms with van der Waals surface area (Å²) in [6.07, 6.45) is 1.73. The molecule has 0 aliphatic carbocycles. The molecule has 1 N–H and O–H groups in total. The molecule has 8 nitrogen and oxygen atoms in total. The number of nitrogens with one attached hydrogen (secondary N) is 1. The van der Waals surface area contributed by atoms with Crippen molar-refractivity contribution in [1.29, 1.82) is 0 Å². The maximum absolute atomic E-state index is 13.2. The summed E-state index contributed by atoms with van der Waals surface area (Å²) in [5.74, 6) is -0.620. The quantitative estimate of drug-likeness (QED) is 0.640. The van der Waals surface area contributed by atoms with Crippen LogP contribution < -0.4 is 16.6 Å². The van der Waals surface area contributed by atoms with E-state index in [2.05, 4.69) is 10.4 Å². The molecular weight excluding hydrogens is 408 g/mol. The highest BCUT2D eigenvalue weighted by Crippen LogP contribution is 2.11. The molecule has 0 spiro atoms. The summed E-state index contributed by atoms with van der Waals surface area (Å²) in [4.78, 5) is 39.3. The summed E-state index contributed by atoms with van der Waals surface area (Å²) < 4.78 is 7.71. The second kappa shape index (κ2) is 9.32. The lowest BCUT2D eigenvalue weighted by Gasteiger charge is -2.14. The summed E-state index contributed by atoms with van der Waals surface area (Å²) in [6, 6.07) is 14.7. The van der Waals surface area contributed by atoms with E-state index < -0.39 is 17.2 Å². The van der Waals surface area contributed by atoms with Gasteiger partial charge in [-0.3, -0.25) is 14.2 Å². The summed E-state index contributed by atoms with van der Waals surface area (Å²) in [5.41, 5.74) is 1.58. The maximum atomic E-state index is 13.2. The van der Waals surface area contributed by atoms with E-state index in [0.29, 0.717) is 18.8 Å². The molecule has 1 amide bonds. The van der Waals surface area contributed by atoms with Gasteiger partial charge < -0.3 is 10.1 Å². The minimum Gasteiger partial charge on any atom is -0.376 e. The number of aryl methyl sites for hydroxylation is 2. The van der Waals surface area contributed by atoms with Crippen LogP contribution in [0.1, 0.15) is 40.0 Å². The highest BCUT2D eigenvalue weighted by molar-refractivity contribution is 5.91. The highest BCUT2D eigenvalue weighted by Gasteiger charge is 2.22. The fourth-order valence-corrected chi connectivity index (χ4v) is 3.81. The van der Waals surface area contributed by atoms with Gasteiger partial charge in [0.1, 0.15) is 0 Å². The molecule has 3 aromatic rings. The van der Waals surface area contributed by atoms with Crippen molar-refractivity contribution in [3.63, 3.8) is 0 Å². The van der Waals surface area contributed by atoms with E-state index >= 15 is 0 Å². The smallest absolute Gasteiger partial charge is 0.352 e. The zero-order chi connectivity index (χ0) is 22.7. The molecule has 1 saturated heterocycles. The molecular formula is C24H26N4O4. The first-order valence-corrected chi connectivity index (χ1v) is 10.7. The van der Waals surface area contributed by atoms with E-state index in [0.717, 1.165) is 38.8 Å². The lowest BCUT2D eigenvalue weighted by Crippen LogP contribution is -2.46. The zero-order valence-corrected chi connectivity index (χ0v) is 18.2. The Kier molecular flexibility index (Phi) is 6.32. The molecule has 0 saturated carbocycles. The summed E-state index contributed by atoms with van der Waals surface area (Å²) >= 11 is 0. The van der Waals surface area contributed by atoms with Gasteiger partial charge in [0.15, 0.2) is 0 Å². The minimum atomic E-state index is -0.717. The van der Waals surface area contributed by atoms with Crippen LogP contribution in [0.2, 0.25) is 0 Å². The van der Waals surface area contributed by atoms with E-state index in [1.54, 1.807) is 18.2 Å². The normalized spacial score (nSPS) is 15.6. The van der Waals surface area contributed by atoms with E-state index in [9.17, 15) is 14.4 Å². The fraction of sp³-hybridized carbons (Fsp3) is 0.333. The summed E-state index contributed by atoms with van der Waals surface area (Å²) in [7, 11) is 0. The van der Waals surface area contributed by atoms with Crippen molar-refractivity contribution in [2.45, 2.75) is 39.3 Å². The van der Waals surface area contributed by atoms with Crippen molar-refractivity contribution >= 4 is 5.91 Å². The number of hydrogen-bond donors (Lipinski definition) is 1. The lowest BCUT2D eigenvalue weighted by atomic mass is 10.1. The Morgan fingerprint density at radius 1 is 1.12 bits per heavy atom. The number of nitrogens with zero attached hydrogens (tertiary/aromatic N) is 3. The SMILES string of the molecule is Cc1cccc(Cn2c(=O)c(C(=O)NC[C@H]3CCCO3)nn(-c3cccc(C)c3)c2=O)c1. The van der Waals surface area contributed by atoms with Crippen LogP contribution in [0.15, 0.2) is 58.1 Å². The molecule has 1 atom stereocenters. The molecule has 0 unspecified atom stereocenters. The van der Waals surface area contributed by atoms with Crippen molar-refractivity contribution in [3.05, 3.63) is 91.8 Å². The van der Waals surface area contributed by atoms with E-state index in [1.807, 2.05) is 44.2 Å². The number of ether oxygens (including phenoxy) is 1. The standard InChI is InChI=1S/C24H26N4O4/c1-16-6-3-8-18(12-16)15-27-23(30)21(22(29)25-14-20-10-5-11-32-20)26-28(24(27)31)19-9-4-7-17(2)13-19/h3-4,6-9,12-13,20H,5,10-11,14-15H2,1-2H3,(H,25,29)/t20-/m1/s1. The van der Waals surface area contributed by atoms with Gasteiger partial charge in [0.25, 0.3) is 11.5 Å². The van der Waals surface area contributed by atoms with Crippen LogP contribution in [0.25, 0.3) is 5.69 Å². The van der Waals surface area contributed by atoms with Crippen molar-refractivity contribution in [2.75, 3.05) is 13.2 Å². The van der Waals surface area contributed by atoms with Crippen LogP contribution in [-0.2, 0) is 11.3 Å². The van der Waals surface area contributed by atoms with Crippen LogP contribution >= 0.6 is 0 Å². The Bertz CT molecular complexity index is 1260. The Balaban J connectivity index is 1.77. The van der Waals surface area contributed by atoms with Crippen molar-refractivity contribution in [2.24, 2.45) is 0 Å². The number of benzene rings is 2. The predicted octanol–water partition coefficient (Wildman–Crippen LogP) is 1.97. The maximum Gasteiger partial charge on any atom is 0.352 e. The van der Waals surface area contributed by atoms with Gasteiger partial charge in [0.2, 0.25) is 5.69 Å². The molecule has 1 fully saturated rings. The average Bonchev–Trinajstić information content (AvgIpc) is 3.29. The van der Waals surface area contributed by atoms with Gasteiger partial charge in [-0.25, -0.2) is 4.79 Å². The minimum absolute atomic E-state index is 0.0414. The van der Waals surface area contributed by atoms with Crippen LogP contribution in [0.4, 0.5) is 0 Å². The third-order valence-electron chi connectivity index (χ3n) is 5.46. The Hall–Kier alpha value is -3.52. The second-order valence-electron chi connectivity index (χ2n) is 8.11. The number of rotatable bonds is 6. The lowest BCUT2D eigenvalue weighted by molar-refractivity contribution is 0.0849. The Morgan fingerprint density at radius 2 is 1.88 bits per heavy atom. The first-order valence-electron chi connectivity index (χ1n) is 10.7. The van der Waals surface area contributed by atoms with Crippen LogP contribution in [0, 0.1) is 13.8 Å². The molecule has 8 heteroatoms. The number of aromatic nitrogens is 3. The number of hydrogen-bond acceptors (Lipinski definition) is 5. The number of carbonyl (C=O) groups is 1. The van der Waals surface area contributed by atoms with Crippen LogP contribution in [-0.4, -0.2) is 39.5 Å². The molecule has 2 heterocycles. The fourth-order valence-electron chi connectivity index (χ4n) is 3.81. The van der Waals surface area contributed by atoms with Crippen molar-refractivity contribution in [3.8, 4) is 5.69 Å². The van der Waals surface area contributed by atoms with Crippen LogP contribution in [0.5, 0.6) is 0 Å². The monoisotopic (exact) mass is 434 g/mol. The molecule has 0 bridgehead atoms. The molecule has 4 rings (SSSR count). The van der Waals surface area contributed by atoms with E-state index in [-0.39, 0.29) is 18.3 Å². The third-order valence-corrected chi connectivity index (χ3v) is 5.46. The molecule has 166 valence electrons. The average molecular weight is 434 g/mol. The molecule has 1 aromatic heterocycles. The molecule has 1 aliphatic heterocycles. The van der Waals surface area contributed by atoms with Crippen molar-refractivity contribution < 1.29 is 9.53 Å². The molecule has 32 heavy (non-hydrogen) atoms. The first-order chi connectivity index (χ1) is 15.4. The van der Waals surface area contributed by atoms with Gasteiger partial charge in [-0.05, 0) is 49.9 Å². The number of amides is 1. The van der Waals surface area contributed by atoms with Gasteiger partial charge in [0, 0.05) is 13.2 Å². The zero-order valence-electron chi connectivity index (χ0n) is 18.2. The van der Waals surface area contributed by atoms with Gasteiger partial charge in [0.05, 0.1) is 18.3 Å². The van der Waals surface area contributed by atoms with Gasteiger partial charge in [-0.1, -0.05) is 42.0 Å². The first kappa shape index (κ1) is 21.7. The third kappa shape index (κ3) is 4.70. The van der Waals surface area contributed by atoms with E-state index in [4.69, 9.17) is 4.74 Å². The van der Waals surface area contributed by atoms with Gasteiger partial charge in [-0.2, -0.15) is 9.78 Å². The Morgan fingerprint density at radius 3 is 2.56 bits per heavy atom. The van der Waals surface area contributed by atoms with E-state index in [1.165, 1.54) is 0 Å². The number of carbonyl (C=O) groups excluding carboxylic acids is 1. The highest BCUT2D eigenvalue weighted by atomic mass is 16.5.